The Hall–Kier alpha value is -4.66. The lowest BCUT2D eigenvalue weighted by molar-refractivity contribution is -0.142. The summed E-state index contributed by atoms with van der Waals surface area (Å²) in [5.74, 6) is -3.39. The number of carbonyl (C=O) groups is 5. The van der Waals surface area contributed by atoms with E-state index in [9.17, 15) is 32.4 Å². The number of benzene rings is 1. The molecule has 1 saturated carbocycles. The first-order valence-electron chi connectivity index (χ1n) is 16.9. The van der Waals surface area contributed by atoms with Crippen LogP contribution in [0.15, 0.2) is 55.1 Å². The standard InChI is InChI=1S/C35H45N5O9S/c1-5-16-35(4,33(44)38-50(46,47)25-14-15-25)37-30(41)27-20-24-21-40(27)31(42)29(22(2)3)36-34(45)48-18-11-7-6-10-17-39-26-13-9-8-12-23(26)19-28(39)32(43)49-24/h5-6,8-10,12-13,19,22,24-25,27,29H,1,7,11,14-18,20-21H2,2-4H3,(H,36,45)(H,37,41)(H,38,44)/b10-6+/t24-,27+,29+,35-/m1/s1. The van der Waals surface area contributed by atoms with Crippen LogP contribution in [0.4, 0.5) is 4.79 Å². The number of hydrogen-bond acceptors (Lipinski definition) is 9. The van der Waals surface area contributed by atoms with Crippen LogP contribution < -0.4 is 15.4 Å². The summed E-state index contributed by atoms with van der Waals surface area (Å²) < 4.78 is 40.4. The van der Waals surface area contributed by atoms with Crippen LogP contribution in [0.1, 0.15) is 69.8 Å². The van der Waals surface area contributed by atoms with Gasteiger partial charge in [0.25, 0.3) is 5.91 Å². The predicted molar refractivity (Wildman–Crippen MR) is 184 cm³/mol. The highest BCUT2D eigenvalue weighted by Crippen LogP contribution is 2.29. The number of para-hydroxylation sites is 1. The topological polar surface area (TPSA) is 182 Å². The Bertz CT molecular complexity index is 1800. The van der Waals surface area contributed by atoms with E-state index in [1.54, 1.807) is 19.9 Å². The third-order valence-electron chi connectivity index (χ3n) is 9.20. The van der Waals surface area contributed by atoms with Crippen LogP contribution >= 0.6 is 0 Å². The number of allylic oxidation sites excluding steroid dienone is 2. The van der Waals surface area contributed by atoms with Crippen LogP contribution in [-0.4, -0.2) is 89.8 Å². The molecular formula is C35H45N5O9S. The van der Waals surface area contributed by atoms with E-state index in [-0.39, 0.29) is 26.0 Å². The summed E-state index contributed by atoms with van der Waals surface area (Å²) in [7, 11) is -3.93. The summed E-state index contributed by atoms with van der Waals surface area (Å²) >= 11 is 0. The first kappa shape index (κ1) is 36.6. The molecule has 3 heterocycles. The SMILES string of the molecule is C=CC[C@@](C)(NC(=O)[C@@H]1C[C@@H]2CN1C(=O)[C@H](C(C)C)NC(=O)OCCC/C=C/Cn1c(cc3ccccc31)C(=O)O2)C(=O)NS(=O)(=O)C1CC1. The van der Waals surface area contributed by atoms with Crippen LogP contribution in [-0.2, 0) is 40.4 Å². The lowest BCUT2D eigenvalue weighted by Crippen LogP contribution is -2.62. The van der Waals surface area contributed by atoms with Crippen molar-refractivity contribution in [3.05, 3.63) is 60.8 Å². The van der Waals surface area contributed by atoms with Gasteiger partial charge in [-0.05, 0) is 57.1 Å². The molecule has 50 heavy (non-hydrogen) atoms. The van der Waals surface area contributed by atoms with Gasteiger partial charge in [-0.3, -0.25) is 19.1 Å². The molecule has 3 N–H and O–H groups in total. The third-order valence-corrected chi connectivity index (χ3v) is 11.0. The molecule has 4 amide bonds. The molecule has 15 heteroatoms. The molecule has 5 rings (SSSR count). The van der Waals surface area contributed by atoms with Gasteiger partial charge in [0.15, 0.2) is 0 Å². The van der Waals surface area contributed by atoms with E-state index in [1.165, 1.54) is 17.9 Å². The van der Waals surface area contributed by atoms with Crippen molar-refractivity contribution in [1.29, 1.82) is 0 Å². The highest BCUT2D eigenvalue weighted by molar-refractivity contribution is 7.91. The van der Waals surface area contributed by atoms with Crippen LogP contribution in [0.3, 0.4) is 0 Å². The van der Waals surface area contributed by atoms with E-state index >= 15 is 0 Å². The molecule has 3 aliphatic rings. The van der Waals surface area contributed by atoms with Crippen molar-refractivity contribution in [2.75, 3.05) is 13.2 Å². The molecule has 2 fully saturated rings. The fourth-order valence-corrected chi connectivity index (χ4v) is 7.64. The molecule has 14 nitrogen and oxygen atoms in total. The van der Waals surface area contributed by atoms with E-state index in [1.807, 2.05) is 41.0 Å². The Morgan fingerprint density at radius 1 is 1.16 bits per heavy atom. The molecule has 0 unspecified atom stereocenters. The summed E-state index contributed by atoms with van der Waals surface area (Å²) in [6, 6.07) is 6.91. The highest BCUT2D eigenvalue weighted by Gasteiger charge is 2.48. The largest absolute Gasteiger partial charge is 0.456 e. The molecule has 1 aromatic heterocycles. The Kier molecular flexibility index (Phi) is 11.0. The lowest BCUT2D eigenvalue weighted by atomic mass is 9.96. The number of aromatic nitrogens is 1. The van der Waals surface area contributed by atoms with Crippen molar-refractivity contribution in [3.8, 4) is 0 Å². The second-order valence-corrected chi connectivity index (χ2v) is 15.5. The molecule has 2 aromatic rings. The molecular weight excluding hydrogens is 666 g/mol. The van der Waals surface area contributed by atoms with E-state index in [4.69, 9.17) is 9.47 Å². The Balaban J connectivity index is 1.46. The molecule has 0 spiro atoms. The first-order chi connectivity index (χ1) is 23.7. The molecule has 0 radical (unpaired) electrons. The molecule has 1 aliphatic carbocycles. The van der Waals surface area contributed by atoms with Crippen LogP contribution in [0, 0.1) is 5.92 Å². The van der Waals surface area contributed by atoms with Gasteiger partial charge in [0.2, 0.25) is 21.8 Å². The number of alkyl carbamates (subject to hydrolysis) is 1. The van der Waals surface area contributed by atoms with Gasteiger partial charge in [-0.15, -0.1) is 6.58 Å². The van der Waals surface area contributed by atoms with E-state index in [2.05, 4.69) is 21.9 Å². The number of nitrogens with zero attached hydrogens (tertiary/aromatic N) is 2. The number of hydrogen-bond donors (Lipinski definition) is 3. The minimum atomic E-state index is -3.93. The van der Waals surface area contributed by atoms with Crippen LogP contribution in [0.5, 0.6) is 0 Å². The quantitative estimate of drug-likeness (QED) is 0.274. The van der Waals surface area contributed by atoms with Crippen molar-refractivity contribution in [2.45, 2.75) is 94.8 Å². The fraction of sp³-hybridized carbons (Fsp3) is 0.514. The van der Waals surface area contributed by atoms with Gasteiger partial charge < -0.3 is 29.6 Å². The number of fused-ring (bicyclic) bond motifs is 5. The average Bonchev–Trinajstić information content (AvgIpc) is 3.75. The van der Waals surface area contributed by atoms with Gasteiger partial charge in [-0.25, -0.2) is 18.0 Å². The molecule has 2 aliphatic heterocycles. The zero-order chi connectivity index (χ0) is 36.2. The zero-order valence-electron chi connectivity index (χ0n) is 28.6. The van der Waals surface area contributed by atoms with Gasteiger partial charge in [0, 0.05) is 23.9 Å². The maximum atomic E-state index is 14.1. The van der Waals surface area contributed by atoms with Crippen molar-refractivity contribution in [1.82, 2.24) is 24.8 Å². The van der Waals surface area contributed by atoms with E-state index in [0.29, 0.717) is 37.9 Å². The van der Waals surface area contributed by atoms with Gasteiger partial charge >= 0.3 is 12.1 Å². The minimum Gasteiger partial charge on any atom is -0.456 e. The van der Waals surface area contributed by atoms with Gasteiger partial charge in [0.05, 0.1) is 18.4 Å². The fourth-order valence-electron chi connectivity index (χ4n) is 6.24. The average molecular weight is 712 g/mol. The van der Waals surface area contributed by atoms with Crippen molar-refractivity contribution in [2.24, 2.45) is 5.92 Å². The summed E-state index contributed by atoms with van der Waals surface area (Å²) in [6.45, 7) is 8.80. The lowest BCUT2D eigenvalue weighted by Gasteiger charge is -2.33. The predicted octanol–water partition coefficient (Wildman–Crippen LogP) is 2.93. The summed E-state index contributed by atoms with van der Waals surface area (Å²) in [4.78, 5) is 69.3. The summed E-state index contributed by atoms with van der Waals surface area (Å²) in [5, 5.41) is 5.43. The number of rotatable bonds is 8. The Morgan fingerprint density at radius 2 is 1.90 bits per heavy atom. The highest BCUT2D eigenvalue weighted by atomic mass is 32.2. The Morgan fingerprint density at radius 3 is 2.60 bits per heavy atom. The first-order valence-corrected chi connectivity index (χ1v) is 18.5. The van der Waals surface area contributed by atoms with Crippen LogP contribution in [0.2, 0.25) is 0 Å². The number of ether oxygens (including phenoxy) is 2. The molecule has 4 atom stereocenters. The summed E-state index contributed by atoms with van der Waals surface area (Å²) in [5.41, 5.74) is -0.627. The second kappa shape index (κ2) is 15.1. The number of cyclic esters (lactones) is 1. The smallest absolute Gasteiger partial charge is 0.407 e. The number of nitrogens with one attached hydrogen (secondary N) is 3. The van der Waals surface area contributed by atoms with E-state index in [0.717, 1.165) is 10.9 Å². The molecule has 1 aromatic carbocycles. The number of esters is 1. The van der Waals surface area contributed by atoms with Crippen LogP contribution in [0.25, 0.3) is 10.9 Å². The van der Waals surface area contributed by atoms with E-state index < -0.39 is 74.7 Å². The van der Waals surface area contributed by atoms with Crippen molar-refractivity contribution in [3.63, 3.8) is 0 Å². The maximum absolute atomic E-state index is 14.1. The van der Waals surface area contributed by atoms with Gasteiger partial charge in [-0.2, -0.15) is 0 Å². The number of sulfonamides is 1. The monoisotopic (exact) mass is 711 g/mol. The number of carbonyl (C=O) groups excluding carboxylic acids is 5. The second-order valence-electron chi connectivity index (χ2n) is 13.6. The normalized spacial score (nSPS) is 24.1. The molecule has 270 valence electrons. The van der Waals surface area contributed by atoms with Gasteiger partial charge in [-0.1, -0.05) is 50.3 Å². The number of amides is 4. The van der Waals surface area contributed by atoms with Gasteiger partial charge in [0.1, 0.15) is 29.4 Å². The zero-order valence-corrected chi connectivity index (χ0v) is 29.4. The third kappa shape index (κ3) is 8.20. The van der Waals surface area contributed by atoms with Crippen molar-refractivity contribution >= 4 is 50.7 Å². The Labute approximate surface area is 291 Å². The molecule has 2 bridgehead atoms. The summed E-state index contributed by atoms with van der Waals surface area (Å²) in [6.07, 6.45) is 5.28. The maximum Gasteiger partial charge on any atom is 0.407 e. The molecule has 1 saturated heterocycles. The minimum absolute atomic E-state index is 0.108. The van der Waals surface area contributed by atoms with Crippen molar-refractivity contribution < 1.29 is 41.9 Å².